The molecule has 1 fully saturated rings. The Morgan fingerprint density at radius 2 is 2.00 bits per heavy atom. The van der Waals surface area contributed by atoms with Crippen LogP contribution in [0.25, 0.3) is 0 Å². The van der Waals surface area contributed by atoms with E-state index in [9.17, 15) is 4.79 Å². The van der Waals surface area contributed by atoms with Gasteiger partial charge in [0, 0.05) is 19.0 Å². The lowest BCUT2D eigenvalue weighted by atomic mass is 10.0. The lowest BCUT2D eigenvalue weighted by Crippen LogP contribution is -2.40. The molecule has 0 bridgehead atoms. The number of nitrogens with zero attached hydrogens (tertiary/aromatic N) is 3. The van der Waals surface area contributed by atoms with Gasteiger partial charge in [-0.15, -0.1) is 11.3 Å². The molecule has 1 aliphatic heterocycles. The summed E-state index contributed by atoms with van der Waals surface area (Å²) < 4.78 is 10.9. The van der Waals surface area contributed by atoms with Crippen LogP contribution in [0.2, 0.25) is 0 Å². The first-order valence-corrected chi connectivity index (χ1v) is 11.8. The Kier molecular flexibility index (Phi) is 6.62. The van der Waals surface area contributed by atoms with Crippen LogP contribution in [0.3, 0.4) is 0 Å². The molecule has 1 aromatic carbocycles. The molecular weight excluding hydrogens is 410 g/mol. The molecule has 0 unspecified atom stereocenters. The molecule has 7 heteroatoms. The number of carbonyl (C=O) groups is 1. The van der Waals surface area contributed by atoms with Crippen molar-refractivity contribution in [2.24, 2.45) is 11.0 Å². The second kappa shape index (κ2) is 9.40. The molecule has 0 saturated heterocycles. The summed E-state index contributed by atoms with van der Waals surface area (Å²) in [6, 6.07) is 10.3. The van der Waals surface area contributed by atoms with Crippen molar-refractivity contribution in [3.8, 4) is 11.5 Å². The molecule has 6 nitrogen and oxygen atoms in total. The molecule has 166 valence electrons. The summed E-state index contributed by atoms with van der Waals surface area (Å²) in [5.74, 6) is 1.92. The van der Waals surface area contributed by atoms with Crippen molar-refractivity contribution in [1.82, 2.24) is 9.91 Å². The number of hydrogen-bond acceptors (Lipinski definition) is 6. The van der Waals surface area contributed by atoms with E-state index in [-0.39, 0.29) is 11.9 Å². The molecule has 1 amide bonds. The second-order valence-electron chi connectivity index (χ2n) is 8.65. The molecule has 1 aromatic heterocycles. The van der Waals surface area contributed by atoms with Gasteiger partial charge in [0.1, 0.15) is 0 Å². The highest BCUT2D eigenvalue weighted by molar-refractivity contribution is 7.12. The number of ether oxygens (including phenoxy) is 2. The van der Waals surface area contributed by atoms with Gasteiger partial charge in [-0.1, -0.05) is 26.0 Å². The average molecular weight is 442 g/mol. The van der Waals surface area contributed by atoms with Gasteiger partial charge in [-0.25, -0.2) is 5.01 Å². The summed E-state index contributed by atoms with van der Waals surface area (Å²) >= 11 is 1.66. The molecule has 1 atom stereocenters. The Hall–Kier alpha value is -2.38. The standard InChI is InChI=1S/C24H31N3O3S/c1-16(2)14-26(18-8-9-18)15-24(28)27-20(13-19(25-27)23-6-5-11-31-23)17-7-10-21(29-3)22(12-17)30-4/h5-7,10-12,16,18,20H,8-9,13-15H2,1-4H3/t20-/m0/s1. The zero-order valence-corrected chi connectivity index (χ0v) is 19.5. The fourth-order valence-electron chi connectivity index (χ4n) is 4.15. The summed E-state index contributed by atoms with van der Waals surface area (Å²) in [5.41, 5.74) is 1.97. The highest BCUT2D eigenvalue weighted by Gasteiger charge is 2.37. The second-order valence-corrected chi connectivity index (χ2v) is 9.60. The molecular formula is C24H31N3O3S. The van der Waals surface area contributed by atoms with Gasteiger partial charge in [-0.05, 0) is 47.9 Å². The van der Waals surface area contributed by atoms with Gasteiger partial charge in [-0.2, -0.15) is 5.10 Å². The van der Waals surface area contributed by atoms with Gasteiger partial charge in [-0.3, -0.25) is 9.69 Å². The first-order valence-electron chi connectivity index (χ1n) is 10.9. The Labute approximate surface area is 188 Å². The first kappa shape index (κ1) is 21.8. The van der Waals surface area contributed by atoms with E-state index < -0.39 is 0 Å². The maximum atomic E-state index is 13.5. The molecule has 2 heterocycles. The summed E-state index contributed by atoms with van der Waals surface area (Å²) in [6.45, 7) is 5.75. The number of benzene rings is 1. The third kappa shape index (κ3) is 4.93. The first-order chi connectivity index (χ1) is 15.0. The van der Waals surface area contributed by atoms with Crippen molar-refractivity contribution >= 4 is 23.0 Å². The van der Waals surface area contributed by atoms with E-state index in [4.69, 9.17) is 14.6 Å². The molecule has 1 saturated carbocycles. The molecule has 2 aliphatic rings. The van der Waals surface area contributed by atoms with Gasteiger partial charge >= 0.3 is 0 Å². The molecule has 0 radical (unpaired) electrons. The van der Waals surface area contributed by atoms with Gasteiger partial charge in [0.25, 0.3) is 5.91 Å². The highest BCUT2D eigenvalue weighted by Crippen LogP contribution is 2.38. The number of rotatable bonds is 9. The van der Waals surface area contributed by atoms with Crippen LogP contribution in [0.15, 0.2) is 40.8 Å². The van der Waals surface area contributed by atoms with Crippen molar-refractivity contribution in [3.05, 3.63) is 46.2 Å². The van der Waals surface area contributed by atoms with E-state index in [2.05, 4.69) is 24.8 Å². The Bertz CT molecular complexity index is 938. The number of hydrogen-bond donors (Lipinski definition) is 0. The van der Waals surface area contributed by atoms with Crippen LogP contribution in [0.1, 0.15) is 49.6 Å². The topological polar surface area (TPSA) is 54.4 Å². The van der Waals surface area contributed by atoms with E-state index in [1.165, 1.54) is 12.8 Å². The van der Waals surface area contributed by atoms with E-state index in [0.717, 1.165) is 22.7 Å². The van der Waals surface area contributed by atoms with Crippen LogP contribution < -0.4 is 9.47 Å². The number of amides is 1. The summed E-state index contributed by atoms with van der Waals surface area (Å²) in [6.07, 6.45) is 3.06. The van der Waals surface area contributed by atoms with E-state index in [0.29, 0.717) is 36.4 Å². The third-order valence-electron chi connectivity index (χ3n) is 5.77. The third-order valence-corrected chi connectivity index (χ3v) is 6.68. The van der Waals surface area contributed by atoms with Crippen LogP contribution in [0, 0.1) is 5.92 Å². The van der Waals surface area contributed by atoms with Crippen LogP contribution >= 0.6 is 11.3 Å². The van der Waals surface area contributed by atoms with Crippen LogP contribution in [-0.2, 0) is 4.79 Å². The zero-order valence-electron chi connectivity index (χ0n) is 18.7. The molecule has 0 spiro atoms. The van der Waals surface area contributed by atoms with Crippen LogP contribution in [-0.4, -0.2) is 54.9 Å². The Balaban J connectivity index is 1.61. The summed E-state index contributed by atoms with van der Waals surface area (Å²) in [5, 5.41) is 8.56. The van der Waals surface area contributed by atoms with Crippen molar-refractivity contribution in [3.63, 3.8) is 0 Å². The zero-order chi connectivity index (χ0) is 22.0. The summed E-state index contributed by atoms with van der Waals surface area (Å²) in [4.78, 5) is 16.9. The lowest BCUT2D eigenvalue weighted by Gasteiger charge is -2.28. The number of hydrazone groups is 1. The maximum Gasteiger partial charge on any atom is 0.257 e. The summed E-state index contributed by atoms with van der Waals surface area (Å²) in [7, 11) is 3.26. The largest absolute Gasteiger partial charge is 0.493 e. The van der Waals surface area contributed by atoms with Crippen molar-refractivity contribution < 1.29 is 14.3 Å². The predicted octanol–water partition coefficient (Wildman–Crippen LogP) is 4.56. The molecule has 2 aromatic rings. The van der Waals surface area contributed by atoms with Gasteiger partial charge in [0.2, 0.25) is 0 Å². The molecule has 31 heavy (non-hydrogen) atoms. The SMILES string of the molecule is COc1ccc([C@@H]2CC(c3cccs3)=NN2C(=O)CN(CC(C)C)C2CC2)cc1OC. The number of methoxy groups -OCH3 is 2. The van der Waals surface area contributed by atoms with E-state index >= 15 is 0 Å². The smallest absolute Gasteiger partial charge is 0.257 e. The van der Waals surface area contributed by atoms with E-state index in [1.54, 1.807) is 30.6 Å². The fourth-order valence-corrected chi connectivity index (χ4v) is 4.87. The lowest BCUT2D eigenvalue weighted by molar-refractivity contribution is -0.134. The van der Waals surface area contributed by atoms with Gasteiger partial charge in [0.05, 0.1) is 37.4 Å². The molecule has 1 aliphatic carbocycles. The van der Waals surface area contributed by atoms with Crippen molar-refractivity contribution in [2.75, 3.05) is 27.3 Å². The normalized spacial score (nSPS) is 18.6. The maximum absolute atomic E-state index is 13.5. The highest BCUT2D eigenvalue weighted by atomic mass is 32.1. The van der Waals surface area contributed by atoms with Gasteiger partial charge < -0.3 is 9.47 Å². The molecule has 0 N–H and O–H groups in total. The van der Waals surface area contributed by atoms with Crippen molar-refractivity contribution in [1.29, 1.82) is 0 Å². The van der Waals surface area contributed by atoms with Crippen LogP contribution in [0.4, 0.5) is 0 Å². The van der Waals surface area contributed by atoms with Gasteiger partial charge in [0.15, 0.2) is 11.5 Å². The van der Waals surface area contributed by atoms with Crippen LogP contribution in [0.5, 0.6) is 11.5 Å². The Morgan fingerprint density at radius 3 is 2.61 bits per heavy atom. The minimum atomic E-state index is -0.149. The predicted molar refractivity (Wildman–Crippen MR) is 124 cm³/mol. The monoisotopic (exact) mass is 441 g/mol. The average Bonchev–Trinajstić information content (AvgIpc) is 3.28. The van der Waals surface area contributed by atoms with E-state index in [1.807, 2.05) is 29.6 Å². The number of thiophene rings is 1. The minimum Gasteiger partial charge on any atom is -0.493 e. The minimum absolute atomic E-state index is 0.0545. The van der Waals surface area contributed by atoms with Crippen molar-refractivity contribution in [2.45, 2.75) is 45.2 Å². The Morgan fingerprint density at radius 1 is 1.23 bits per heavy atom. The quantitative estimate of drug-likeness (QED) is 0.572. The molecule has 4 rings (SSSR count). The fraction of sp³-hybridized carbons (Fsp3) is 0.500. The number of carbonyl (C=O) groups excluding carboxylic acids is 1.